The molecule has 1 aromatic carbocycles. The summed E-state index contributed by atoms with van der Waals surface area (Å²) in [6.07, 6.45) is 3.57. The van der Waals surface area contributed by atoms with Crippen LogP contribution in [-0.2, 0) is 44.8 Å². The minimum absolute atomic E-state index is 0.00275. The zero-order chi connectivity index (χ0) is 47.0. The Labute approximate surface area is 377 Å². The van der Waals surface area contributed by atoms with Gasteiger partial charge in [0.2, 0.25) is 47.3 Å². The van der Waals surface area contributed by atoms with E-state index in [9.17, 15) is 43.5 Å². The van der Waals surface area contributed by atoms with Gasteiger partial charge in [0.15, 0.2) is 0 Å². The number of carbonyl (C=O) groups is 8. The van der Waals surface area contributed by atoms with Gasteiger partial charge in [-0.2, -0.15) is 0 Å². The van der Waals surface area contributed by atoms with Gasteiger partial charge in [-0.1, -0.05) is 73.9 Å². The lowest BCUT2D eigenvalue weighted by molar-refractivity contribution is -0.149. The van der Waals surface area contributed by atoms with Crippen molar-refractivity contribution in [2.24, 2.45) is 23.7 Å². The highest BCUT2D eigenvalue weighted by Crippen LogP contribution is 2.28. The Balaban J connectivity index is 1.56. The third-order valence-electron chi connectivity index (χ3n) is 13.2. The van der Waals surface area contributed by atoms with Gasteiger partial charge in [-0.3, -0.25) is 38.4 Å². The molecule has 0 spiro atoms. The molecule has 0 radical (unpaired) electrons. The van der Waals surface area contributed by atoms with Crippen molar-refractivity contribution in [1.82, 2.24) is 41.3 Å². The summed E-state index contributed by atoms with van der Waals surface area (Å²) in [6, 6.07) is -2.00. The Morgan fingerprint density at radius 1 is 0.531 bits per heavy atom. The second kappa shape index (κ2) is 22.1. The number of nitrogens with one attached hydrogen (secondary N) is 5. The zero-order valence-electron chi connectivity index (χ0n) is 39.0. The van der Waals surface area contributed by atoms with Gasteiger partial charge in [0.25, 0.3) is 0 Å². The lowest BCUT2D eigenvalue weighted by Gasteiger charge is -2.35. The van der Waals surface area contributed by atoms with E-state index in [0.717, 1.165) is 0 Å². The van der Waals surface area contributed by atoms with Crippen LogP contribution in [0.1, 0.15) is 119 Å². The quantitative estimate of drug-likeness (QED) is 0.213. The number of rotatable bonds is 9. The Hall–Kier alpha value is -5.22. The highest BCUT2D eigenvalue weighted by molar-refractivity contribution is 5.99. The van der Waals surface area contributed by atoms with Gasteiger partial charge in [-0.25, -0.2) is 0 Å². The number of aromatic hydroxyl groups is 1. The van der Waals surface area contributed by atoms with E-state index in [0.29, 0.717) is 50.5 Å². The van der Waals surface area contributed by atoms with Crippen LogP contribution in [0, 0.1) is 23.7 Å². The van der Waals surface area contributed by atoms with Crippen molar-refractivity contribution in [2.45, 2.75) is 168 Å². The number of amides is 8. The zero-order valence-corrected chi connectivity index (χ0v) is 39.0. The molecule has 64 heavy (non-hydrogen) atoms. The Morgan fingerprint density at radius 3 is 1.44 bits per heavy atom. The largest absolute Gasteiger partial charge is 0.508 e. The first-order chi connectivity index (χ1) is 30.3. The van der Waals surface area contributed by atoms with Crippen molar-refractivity contribution < 1.29 is 43.5 Å². The molecule has 4 fully saturated rings. The predicted molar refractivity (Wildman–Crippen MR) is 239 cm³/mol. The lowest BCUT2D eigenvalue weighted by atomic mass is 9.95. The second-order valence-corrected chi connectivity index (χ2v) is 19.5. The van der Waals surface area contributed by atoms with Crippen molar-refractivity contribution in [3.05, 3.63) is 29.8 Å². The highest BCUT2D eigenvalue weighted by Gasteiger charge is 2.46. The molecule has 4 heterocycles. The van der Waals surface area contributed by atoms with E-state index in [2.05, 4.69) is 26.6 Å². The molecule has 1 aromatic rings. The fraction of sp³-hybridized carbons (Fsp3) is 0.702. The summed E-state index contributed by atoms with van der Waals surface area (Å²) in [6.45, 7) is 15.7. The van der Waals surface area contributed by atoms with Crippen LogP contribution in [0.4, 0.5) is 0 Å². The van der Waals surface area contributed by atoms with Crippen molar-refractivity contribution in [3.63, 3.8) is 0 Å². The molecule has 17 heteroatoms. The molecule has 0 aromatic heterocycles. The number of phenolic OH excluding ortho intramolecular Hbond substituents is 1. The molecular formula is C47H72N8O9. The number of hydrogen-bond donors (Lipinski definition) is 6. The molecule has 0 saturated carbocycles. The summed E-state index contributed by atoms with van der Waals surface area (Å²) in [5, 5.41) is 24.5. The molecule has 6 N–H and O–H groups in total. The average Bonchev–Trinajstić information content (AvgIpc) is 4.05. The van der Waals surface area contributed by atoms with Crippen molar-refractivity contribution >= 4 is 47.3 Å². The summed E-state index contributed by atoms with van der Waals surface area (Å²) in [5.41, 5.74) is 0.619. The summed E-state index contributed by atoms with van der Waals surface area (Å²) in [5.74, 6) is -5.00. The van der Waals surface area contributed by atoms with Crippen molar-refractivity contribution in [3.8, 4) is 5.75 Å². The predicted octanol–water partition coefficient (Wildman–Crippen LogP) is 2.14. The summed E-state index contributed by atoms with van der Waals surface area (Å²) in [7, 11) is 0. The van der Waals surface area contributed by atoms with E-state index < -0.39 is 95.6 Å². The fourth-order valence-electron chi connectivity index (χ4n) is 9.44. The minimum Gasteiger partial charge on any atom is -0.508 e. The SMILES string of the molecule is CCC(C)C1NC(=O)C(CC(C)C)NC(=O)C(CC(C)C)NC(=O)C2CCCN2C(=O)C(C(C)C)NC(=O)C(Cc2ccc(O)cc2)NC(=O)C2CCCN2C(=O)C2CCCN2C1=O. The van der Waals surface area contributed by atoms with Gasteiger partial charge in [0.1, 0.15) is 54.1 Å². The molecule has 17 nitrogen and oxygen atoms in total. The van der Waals surface area contributed by atoms with Gasteiger partial charge in [-0.05, 0) is 92.7 Å². The molecule has 354 valence electrons. The molecule has 9 unspecified atom stereocenters. The van der Waals surface area contributed by atoms with Crippen LogP contribution in [0.2, 0.25) is 0 Å². The number of nitrogens with zero attached hydrogens (tertiary/aromatic N) is 3. The molecule has 4 aliphatic rings. The van der Waals surface area contributed by atoms with Crippen LogP contribution >= 0.6 is 0 Å². The summed E-state index contributed by atoms with van der Waals surface area (Å²) >= 11 is 0. The number of benzene rings is 1. The van der Waals surface area contributed by atoms with Crippen molar-refractivity contribution in [2.75, 3.05) is 19.6 Å². The molecule has 5 rings (SSSR count). The first-order valence-corrected chi connectivity index (χ1v) is 23.5. The van der Waals surface area contributed by atoms with Crippen LogP contribution in [0.3, 0.4) is 0 Å². The first-order valence-electron chi connectivity index (χ1n) is 23.5. The summed E-state index contributed by atoms with van der Waals surface area (Å²) < 4.78 is 0. The fourth-order valence-corrected chi connectivity index (χ4v) is 9.44. The smallest absolute Gasteiger partial charge is 0.246 e. The van der Waals surface area contributed by atoms with Crippen LogP contribution in [0.25, 0.3) is 0 Å². The third-order valence-corrected chi connectivity index (χ3v) is 13.2. The molecule has 0 aliphatic carbocycles. The number of hydrogen-bond acceptors (Lipinski definition) is 9. The maximum Gasteiger partial charge on any atom is 0.246 e. The monoisotopic (exact) mass is 893 g/mol. The molecular weight excluding hydrogens is 821 g/mol. The maximum atomic E-state index is 14.6. The van der Waals surface area contributed by atoms with Crippen LogP contribution in [0.5, 0.6) is 5.75 Å². The first kappa shape index (κ1) is 49.8. The molecule has 8 amide bonds. The van der Waals surface area contributed by atoms with E-state index in [-0.39, 0.29) is 68.3 Å². The number of carbonyl (C=O) groups excluding carboxylic acids is 8. The number of fused-ring (bicyclic) bond motifs is 3. The van der Waals surface area contributed by atoms with Gasteiger partial charge in [-0.15, -0.1) is 0 Å². The van der Waals surface area contributed by atoms with Crippen LogP contribution in [-0.4, -0.2) is 135 Å². The van der Waals surface area contributed by atoms with E-state index in [4.69, 9.17) is 0 Å². The van der Waals surface area contributed by atoms with Gasteiger partial charge in [0.05, 0.1) is 0 Å². The Bertz CT molecular complexity index is 1870. The lowest BCUT2D eigenvalue weighted by Crippen LogP contribution is -2.62. The molecule has 4 aliphatic heterocycles. The number of phenols is 1. The maximum absolute atomic E-state index is 14.6. The minimum atomic E-state index is -1.20. The summed E-state index contributed by atoms with van der Waals surface area (Å²) in [4.78, 5) is 119. The van der Waals surface area contributed by atoms with Crippen LogP contribution in [0.15, 0.2) is 24.3 Å². The molecule has 9 atom stereocenters. The van der Waals surface area contributed by atoms with E-state index in [1.165, 1.54) is 26.8 Å². The standard InChI is InChI=1S/C47H72N8O9/c1-9-29(8)39-47(64)55-22-12-15-37(55)45(62)53-20-10-13-35(53)43(60)50-34(25-30-16-18-31(56)19-17-30)42(59)51-38(28(6)7)46(63)54-21-11-14-36(54)44(61)49-32(23-26(2)3)40(57)48-33(24-27(4)5)41(58)52-39/h16-19,26-29,32-39,56H,9-15,20-25H2,1-8H3,(H,48,57)(H,49,61)(H,50,60)(H,51,59)(H,52,58). The van der Waals surface area contributed by atoms with E-state index in [1.807, 2.05) is 41.5 Å². The normalized spacial score (nSPS) is 28.9. The van der Waals surface area contributed by atoms with E-state index >= 15 is 0 Å². The third kappa shape index (κ3) is 12.1. The Kier molecular flexibility index (Phi) is 17.2. The van der Waals surface area contributed by atoms with Crippen molar-refractivity contribution in [1.29, 1.82) is 0 Å². The molecule has 0 bridgehead atoms. The molecule has 4 saturated heterocycles. The Morgan fingerprint density at radius 2 is 0.938 bits per heavy atom. The van der Waals surface area contributed by atoms with Crippen LogP contribution < -0.4 is 26.6 Å². The van der Waals surface area contributed by atoms with E-state index in [1.54, 1.807) is 26.0 Å². The second-order valence-electron chi connectivity index (χ2n) is 19.5. The van der Waals surface area contributed by atoms with Gasteiger partial charge < -0.3 is 46.4 Å². The van der Waals surface area contributed by atoms with Gasteiger partial charge in [0, 0.05) is 26.1 Å². The topological polar surface area (TPSA) is 227 Å². The van der Waals surface area contributed by atoms with Gasteiger partial charge >= 0.3 is 0 Å². The highest BCUT2D eigenvalue weighted by atomic mass is 16.3. The average molecular weight is 893 g/mol.